The van der Waals surface area contributed by atoms with E-state index in [1.165, 1.54) is 6.42 Å². The van der Waals surface area contributed by atoms with Crippen molar-refractivity contribution in [2.24, 2.45) is 0 Å². The van der Waals surface area contributed by atoms with Crippen molar-refractivity contribution in [1.29, 1.82) is 0 Å². The molecule has 0 atom stereocenters. The minimum absolute atomic E-state index is 0. The van der Waals surface area contributed by atoms with Crippen LogP contribution in [-0.4, -0.2) is 36.1 Å². The van der Waals surface area contributed by atoms with Gasteiger partial charge in [0.2, 0.25) is 5.89 Å². The van der Waals surface area contributed by atoms with Crippen LogP contribution >= 0.6 is 36.2 Å². The van der Waals surface area contributed by atoms with Gasteiger partial charge in [0.15, 0.2) is 0 Å². The van der Waals surface area contributed by atoms with Crippen LogP contribution in [0.15, 0.2) is 28.2 Å². The van der Waals surface area contributed by atoms with Crippen LogP contribution in [0, 0.1) is 0 Å². The molecule has 3 rings (SSSR count). The maximum Gasteiger partial charge on any atom is 0.236 e. The Morgan fingerprint density at radius 3 is 3.00 bits per heavy atom. The van der Waals surface area contributed by atoms with Crippen LogP contribution in [-0.2, 0) is 6.54 Å². The van der Waals surface area contributed by atoms with E-state index in [0.717, 1.165) is 49.2 Å². The van der Waals surface area contributed by atoms with E-state index in [2.05, 4.69) is 15.2 Å². The second-order valence-electron chi connectivity index (χ2n) is 4.50. The van der Waals surface area contributed by atoms with E-state index in [1.54, 1.807) is 17.6 Å². The minimum Gasteiger partial charge on any atom is -0.444 e. The maximum absolute atomic E-state index is 5.54. The van der Waals surface area contributed by atoms with Crippen molar-refractivity contribution in [3.05, 3.63) is 29.5 Å². The average Bonchev–Trinajstić information content (AvgIpc) is 2.98. The molecule has 112 valence electrons. The zero-order valence-corrected chi connectivity index (χ0v) is 13.5. The molecule has 20 heavy (non-hydrogen) atoms. The Morgan fingerprint density at radius 2 is 2.20 bits per heavy atom. The smallest absolute Gasteiger partial charge is 0.236 e. The number of nitrogens with one attached hydrogen (secondary N) is 1. The van der Waals surface area contributed by atoms with Crippen molar-refractivity contribution in [3.63, 3.8) is 0 Å². The Bertz CT molecular complexity index is 482. The molecule has 1 fully saturated rings. The number of nitrogens with zero attached hydrogens (tertiary/aromatic N) is 2. The molecule has 0 spiro atoms. The Morgan fingerprint density at radius 1 is 1.30 bits per heavy atom. The Hall–Kier alpha value is -0.590. The lowest BCUT2D eigenvalue weighted by atomic mass is 10.3. The maximum atomic E-state index is 5.54. The Balaban J connectivity index is 0.000001000. The molecule has 4 nitrogen and oxygen atoms in total. The van der Waals surface area contributed by atoms with Crippen LogP contribution in [0.1, 0.15) is 12.1 Å². The second-order valence-corrected chi connectivity index (χ2v) is 5.45. The molecular weight excluding hydrogens is 317 g/mol. The van der Waals surface area contributed by atoms with Crippen molar-refractivity contribution >= 4 is 36.2 Å². The number of hydrogen-bond acceptors (Lipinski definition) is 5. The fourth-order valence-corrected chi connectivity index (χ4v) is 2.84. The number of aromatic nitrogens is 1. The number of rotatable bonds is 3. The molecule has 2 aromatic rings. The third-order valence-electron chi connectivity index (χ3n) is 3.10. The second kappa shape index (κ2) is 8.64. The first-order chi connectivity index (χ1) is 8.92. The summed E-state index contributed by atoms with van der Waals surface area (Å²) in [5, 5.41) is 5.45. The summed E-state index contributed by atoms with van der Waals surface area (Å²) in [6.07, 6.45) is 2.99. The van der Waals surface area contributed by atoms with Crippen LogP contribution < -0.4 is 5.32 Å². The van der Waals surface area contributed by atoms with Gasteiger partial charge in [0, 0.05) is 19.6 Å². The van der Waals surface area contributed by atoms with Gasteiger partial charge in [-0.2, -0.15) is 0 Å². The molecule has 0 unspecified atom stereocenters. The third kappa shape index (κ3) is 4.46. The summed E-state index contributed by atoms with van der Waals surface area (Å²) in [6.45, 7) is 5.29. The van der Waals surface area contributed by atoms with Gasteiger partial charge in [-0.25, -0.2) is 4.98 Å². The monoisotopic (exact) mass is 335 g/mol. The molecule has 0 saturated carbocycles. The van der Waals surface area contributed by atoms with Crippen molar-refractivity contribution < 1.29 is 4.42 Å². The summed E-state index contributed by atoms with van der Waals surface area (Å²) < 4.78 is 5.54. The molecule has 0 amide bonds. The molecule has 7 heteroatoms. The molecule has 2 aromatic heterocycles. The molecule has 1 saturated heterocycles. The van der Waals surface area contributed by atoms with Crippen LogP contribution in [0.2, 0.25) is 0 Å². The van der Waals surface area contributed by atoms with E-state index in [4.69, 9.17) is 4.42 Å². The van der Waals surface area contributed by atoms with Crippen LogP contribution in [0.3, 0.4) is 0 Å². The standard InChI is InChI=1S/C13H17N3OS.2ClH/c1-3-12(18-8-1)13-15-11(10-17-13)9-16-6-2-4-14-5-7-16;;/h1,3,8,10,14H,2,4-7,9H2;2*1H. The zero-order valence-electron chi connectivity index (χ0n) is 11.1. The van der Waals surface area contributed by atoms with Gasteiger partial charge in [0.05, 0.1) is 10.6 Å². The molecule has 1 aliphatic heterocycles. The SMILES string of the molecule is Cl.Cl.c1csc(-c2nc(CN3CCCNCC3)co2)c1. The van der Waals surface area contributed by atoms with Crippen LogP contribution in [0.4, 0.5) is 0 Å². The molecule has 0 aliphatic carbocycles. The van der Waals surface area contributed by atoms with E-state index in [0.29, 0.717) is 0 Å². The molecule has 0 aromatic carbocycles. The summed E-state index contributed by atoms with van der Waals surface area (Å²) in [5.41, 5.74) is 1.03. The molecular formula is C13H19Cl2N3OS. The first kappa shape index (κ1) is 17.5. The normalized spacial score (nSPS) is 16.0. The lowest BCUT2D eigenvalue weighted by molar-refractivity contribution is 0.281. The predicted octanol–water partition coefficient (Wildman–Crippen LogP) is 3.04. The van der Waals surface area contributed by atoms with Crippen molar-refractivity contribution in [2.45, 2.75) is 13.0 Å². The number of oxazole rings is 1. The minimum atomic E-state index is 0. The summed E-state index contributed by atoms with van der Waals surface area (Å²) in [6, 6.07) is 4.06. The van der Waals surface area contributed by atoms with Crippen LogP contribution in [0.5, 0.6) is 0 Å². The zero-order chi connectivity index (χ0) is 12.2. The van der Waals surface area contributed by atoms with E-state index < -0.39 is 0 Å². The van der Waals surface area contributed by atoms with Crippen molar-refractivity contribution in [2.75, 3.05) is 26.2 Å². The molecule has 1 aliphatic rings. The highest BCUT2D eigenvalue weighted by atomic mass is 35.5. The summed E-state index contributed by atoms with van der Waals surface area (Å²) in [5.74, 6) is 0.743. The van der Waals surface area contributed by atoms with Gasteiger partial charge in [0.25, 0.3) is 0 Å². The number of thiophene rings is 1. The first-order valence-electron chi connectivity index (χ1n) is 6.33. The summed E-state index contributed by atoms with van der Waals surface area (Å²) in [7, 11) is 0. The Labute approximate surface area is 135 Å². The van der Waals surface area contributed by atoms with Gasteiger partial charge in [-0.1, -0.05) is 6.07 Å². The molecule has 1 N–H and O–H groups in total. The van der Waals surface area contributed by atoms with Gasteiger partial charge in [-0.15, -0.1) is 36.2 Å². The Kier molecular flexibility index (Phi) is 7.55. The third-order valence-corrected chi connectivity index (χ3v) is 3.96. The van der Waals surface area contributed by atoms with Gasteiger partial charge in [0.1, 0.15) is 6.26 Å². The lowest BCUT2D eigenvalue weighted by Gasteiger charge is -2.17. The fraction of sp³-hybridized carbons (Fsp3) is 0.462. The quantitative estimate of drug-likeness (QED) is 0.935. The van der Waals surface area contributed by atoms with Crippen molar-refractivity contribution in [3.8, 4) is 10.8 Å². The lowest BCUT2D eigenvalue weighted by Crippen LogP contribution is -2.27. The van der Waals surface area contributed by atoms with Gasteiger partial charge < -0.3 is 9.73 Å². The summed E-state index contributed by atoms with van der Waals surface area (Å²) in [4.78, 5) is 8.08. The topological polar surface area (TPSA) is 41.3 Å². The van der Waals surface area contributed by atoms with E-state index in [1.807, 2.05) is 17.5 Å². The van der Waals surface area contributed by atoms with E-state index in [-0.39, 0.29) is 24.8 Å². The molecule has 0 radical (unpaired) electrons. The van der Waals surface area contributed by atoms with E-state index in [9.17, 15) is 0 Å². The van der Waals surface area contributed by atoms with E-state index >= 15 is 0 Å². The predicted molar refractivity (Wildman–Crippen MR) is 87.1 cm³/mol. The highest BCUT2D eigenvalue weighted by molar-refractivity contribution is 7.13. The number of hydrogen-bond donors (Lipinski definition) is 1. The highest BCUT2D eigenvalue weighted by Crippen LogP contribution is 2.23. The number of halogens is 2. The average molecular weight is 336 g/mol. The van der Waals surface area contributed by atoms with Gasteiger partial charge in [-0.3, -0.25) is 4.90 Å². The van der Waals surface area contributed by atoms with Gasteiger partial charge >= 0.3 is 0 Å². The molecule has 3 heterocycles. The highest BCUT2D eigenvalue weighted by Gasteiger charge is 2.12. The molecule has 0 bridgehead atoms. The largest absolute Gasteiger partial charge is 0.444 e. The van der Waals surface area contributed by atoms with Crippen molar-refractivity contribution in [1.82, 2.24) is 15.2 Å². The van der Waals surface area contributed by atoms with Gasteiger partial charge in [-0.05, 0) is 31.0 Å². The van der Waals surface area contributed by atoms with Crippen LogP contribution in [0.25, 0.3) is 10.8 Å². The summed E-state index contributed by atoms with van der Waals surface area (Å²) >= 11 is 1.66. The fourth-order valence-electron chi connectivity index (χ4n) is 2.18. The first-order valence-corrected chi connectivity index (χ1v) is 7.21.